The lowest BCUT2D eigenvalue weighted by Gasteiger charge is -2.40. The van der Waals surface area contributed by atoms with Crippen LogP contribution in [0.1, 0.15) is 56.2 Å². The highest BCUT2D eigenvalue weighted by Gasteiger charge is 2.45. The zero-order chi connectivity index (χ0) is 35.6. The molecule has 0 aliphatic carbocycles. The minimum atomic E-state index is -1.23. The number of nitrogens with zero attached hydrogens (tertiary/aromatic N) is 6. The van der Waals surface area contributed by atoms with Crippen molar-refractivity contribution in [1.82, 2.24) is 14.9 Å². The Morgan fingerprint density at radius 3 is 2.37 bits per heavy atom. The van der Waals surface area contributed by atoms with Crippen LogP contribution in [0.3, 0.4) is 0 Å². The fraction of sp³-hybridized carbons (Fsp3) is 0.441. The van der Waals surface area contributed by atoms with E-state index >= 15 is 0 Å². The number of ether oxygens (including phenoxy) is 3. The van der Waals surface area contributed by atoms with Gasteiger partial charge in [0.1, 0.15) is 12.6 Å². The average molecular weight is 677 g/mol. The number of amides is 2. The maximum Gasteiger partial charge on any atom is 0.352 e. The molecule has 0 radical (unpaired) electrons. The second-order valence-corrected chi connectivity index (χ2v) is 11.5. The first-order chi connectivity index (χ1) is 23.6. The quantitative estimate of drug-likeness (QED) is 0.110. The number of hydrogen-bond donors (Lipinski definition) is 1. The molecular weight excluding hydrogens is 636 g/mol. The van der Waals surface area contributed by atoms with E-state index in [9.17, 15) is 29.7 Å². The summed E-state index contributed by atoms with van der Waals surface area (Å²) in [5.41, 5.74) is 0.473. The van der Waals surface area contributed by atoms with Gasteiger partial charge in [-0.2, -0.15) is 5.26 Å². The molecule has 4 rings (SSSR count). The first-order valence-corrected chi connectivity index (χ1v) is 15.9. The number of nitriles is 1. The Bertz CT molecular complexity index is 1610. The summed E-state index contributed by atoms with van der Waals surface area (Å²) in [7, 11) is 2.68. The number of likely N-dealkylation sites (tertiary alicyclic amines) is 1. The predicted octanol–water partition coefficient (Wildman–Crippen LogP) is 4.48. The number of rotatable bonds is 12. The lowest BCUT2D eigenvalue weighted by molar-refractivity contribution is -0.384. The number of non-ortho nitro benzene ring substituents is 1. The monoisotopic (exact) mass is 676 g/mol. The van der Waals surface area contributed by atoms with Crippen molar-refractivity contribution in [3.8, 4) is 6.07 Å². The third-order valence-electron chi connectivity index (χ3n) is 8.77. The summed E-state index contributed by atoms with van der Waals surface area (Å²) in [4.78, 5) is 58.6. The molecule has 2 aromatic carbocycles. The van der Waals surface area contributed by atoms with Crippen LogP contribution in [0.2, 0.25) is 0 Å². The van der Waals surface area contributed by atoms with Gasteiger partial charge in [0, 0.05) is 12.1 Å². The Morgan fingerprint density at radius 2 is 1.80 bits per heavy atom. The summed E-state index contributed by atoms with van der Waals surface area (Å²) in [5, 5.41) is 31.8. The number of carbonyl (C=O) groups excluding carboxylic acids is 3. The summed E-state index contributed by atoms with van der Waals surface area (Å²) in [6.45, 7) is 3.16. The van der Waals surface area contributed by atoms with Crippen molar-refractivity contribution in [1.29, 1.82) is 5.26 Å². The number of esters is 2. The molecule has 49 heavy (non-hydrogen) atoms. The van der Waals surface area contributed by atoms with Gasteiger partial charge >= 0.3 is 24.0 Å². The van der Waals surface area contributed by atoms with Crippen molar-refractivity contribution in [3.05, 3.63) is 87.1 Å². The van der Waals surface area contributed by atoms with E-state index in [0.717, 1.165) is 10.5 Å². The lowest BCUT2D eigenvalue weighted by Crippen LogP contribution is -2.51. The van der Waals surface area contributed by atoms with E-state index in [4.69, 9.17) is 19.5 Å². The molecule has 15 heteroatoms. The SMILES string of the molecule is CCC1=C(C(=O)OCCC#N)C(c2ccc([N+](=O)[O-])cc2)N(C(=O)N(O)CCCN2CCC(C(=O)OC)(c3ccccc3)CC2)C(OC)=N1. The molecule has 0 saturated carbocycles. The van der Waals surface area contributed by atoms with Crippen molar-refractivity contribution < 1.29 is 38.7 Å². The number of carbonyl (C=O) groups is 3. The molecule has 1 atom stereocenters. The zero-order valence-electron chi connectivity index (χ0n) is 27.7. The zero-order valence-corrected chi connectivity index (χ0v) is 27.7. The van der Waals surface area contributed by atoms with E-state index in [1.165, 1.54) is 38.5 Å². The molecule has 1 unspecified atom stereocenters. The number of nitro benzene ring substituents is 1. The highest BCUT2D eigenvalue weighted by molar-refractivity contribution is 6.00. The topological polar surface area (TPSA) is 188 Å². The van der Waals surface area contributed by atoms with Crippen LogP contribution in [0, 0.1) is 21.4 Å². The van der Waals surface area contributed by atoms with E-state index in [-0.39, 0.29) is 54.9 Å². The number of amidine groups is 1. The standard InChI is InChI=1S/C34H40N6O9/c1-4-27-28(30(41)49-23-8-18-35)29(24-12-14-26(15-13-24)40(45)46)39(32(36-27)48-3)33(43)38(44)20-9-19-37-21-16-34(17-22-37,31(42)47-2)25-10-6-5-7-11-25/h5-7,10-15,29,44H,4,8-9,16-17,19-23H2,1-3H3. The highest BCUT2D eigenvalue weighted by atomic mass is 16.6. The molecule has 1 fully saturated rings. The molecule has 0 bridgehead atoms. The maximum absolute atomic E-state index is 13.9. The second-order valence-electron chi connectivity index (χ2n) is 11.5. The first kappa shape index (κ1) is 36.5. The van der Waals surface area contributed by atoms with Crippen LogP contribution < -0.4 is 0 Å². The van der Waals surface area contributed by atoms with Gasteiger partial charge in [0.25, 0.3) is 5.69 Å². The van der Waals surface area contributed by atoms with Crippen LogP contribution in [-0.4, -0.2) is 96.0 Å². The molecule has 2 heterocycles. The van der Waals surface area contributed by atoms with Gasteiger partial charge in [0.05, 0.1) is 54.9 Å². The largest absolute Gasteiger partial charge is 0.468 e. The number of benzene rings is 2. The van der Waals surface area contributed by atoms with Gasteiger partial charge in [-0.25, -0.2) is 24.5 Å². The van der Waals surface area contributed by atoms with Gasteiger partial charge in [-0.05, 0) is 68.6 Å². The molecule has 260 valence electrons. The Morgan fingerprint density at radius 1 is 1.12 bits per heavy atom. The van der Waals surface area contributed by atoms with E-state index in [2.05, 4.69) is 9.89 Å². The molecule has 1 saturated heterocycles. The minimum Gasteiger partial charge on any atom is -0.468 e. The van der Waals surface area contributed by atoms with Crippen LogP contribution in [0.5, 0.6) is 0 Å². The van der Waals surface area contributed by atoms with Gasteiger partial charge in [0.2, 0.25) is 0 Å². The van der Waals surface area contributed by atoms with E-state index < -0.39 is 28.4 Å². The van der Waals surface area contributed by atoms with Gasteiger partial charge in [-0.15, -0.1) is 0 Å². The van der Waals surface area contributed by atoms with Gasteiger partial charge < -0.3 is 19.1 Å². The third kappa shape index (κ3) is 8.04. The molecule has 2 amide bonds. The Labute approximate surface area is 284 Å². The van der Waals surface area contributed by atoms with E-state index in [0.29, 0.717) is 49.5 Å². The number of nitro groups is 1. The molecule has 0 aromatic heterocycles. The second kappa shape index (κ2) is 16.7. The van der Waals surface area contributed by atoms with Crippen LogP contribution in [0.15, 0.2) is 70.9 Å². The number of urea groups is 1. The Kier molecular flexibility index (Phi) is 12.4. The normalized spacial score (nSPS) is 17.4. The number of aliphatic imine (C=N–C) groups is 1. The smallest absolute Gasteiger partial charge is 0.352 e. The maximum atomic E-state index is 13.9. The number of hydroxylamine groups is 2. The molecular formula is C34H40N6O9. The summed E-state index contributed by atoms with van der Waals surface area (Å²) in [6.07, 6.45) is 1.64. The fourth-order valence-corrected chi connectivity index (χ4v) is 6.21. The van der Waals surface area contributed by atoms with Crippen LogP contribution in [0.4, 0.5) is 10.5 Å². The summed E-state index contributed by atoms with van der Waals surface area (Å²) >= 11 is 0. The van der Waals surface area contributed by atoms with Crippen LogP contribution >= 0.6 is 0 Å². The number of methoxy groups -OCH3 is 2. The molecule has 2 aliphatic heterocycles. The number of allylic oxidation sites excluding steroid dienone is 1. The number of piperidine rings is 1. The van der Waals surface area contributed by atoms with Crippen molar-refractivity contribution in [2.45, 2.75) is 50.5 Å². The Hall–Kier alpha value is -5.33. The van der Waals surface area contributed by atoms with Crippen molar-refractivity contribution in [2.24, 2.45) is 4.99 Å². The average Bonchev–Trinajstić information content (AvgIpc) is 3.13. The van der Waals surface area contributed by atoms with Gasteiger partial charge in [-0.3, -0.25) is 20.1 Å². The molecule has 2 aromatic rings. The minimum absolute atomic E-state index is 0.0299. The Balaban J connectivity index is 1.52. The molecule has 15 nitrogen and oxygen atoms in total. The summed E-state index contributed by atoms with van der Waals surface area (Å²) < 4.78 is 16.0. The van der Waals surface area contributed by atoms with Crippen molar-refractivity contribution in [2.75, 3.05) is 47.0 Å². The van der Waals surface area contributed by atoms with E-state index in [1.54, 1.807) is 6.92 Å². The lowest BCUT2D eigenvalue weighted by atomic mass is 9.72. The molecule has 0 spiro atoms. The predicted molar refractivity (Wildman–Crippen MR) is 175 cm³/mol. The van der Waals surface area contributed by atoms with Crippen molar-refractivity contribution in [3.63, 3.8) is 0 Å². The fourth-order valence-electron chi connectivity index (χ4n) is 6.21. The van der Waals surface area contributed by atoms with Crippen LogP contribution in [-0.2, 0) is 29.2 Å². The van der Waals surface area contributed by atoms with Gasteiger partial charge in [-0.1, -0.05) is 37.3 Å². The molecule has 2 aliphatic rings. The molecule has 1 N–H and O–H groups in total. The number of hydrogen-bond acceptors (Lipinski definition) is 12. The summed E-state index contributed by atoms with van der Waals surface area (Å²) in [6, 6.07) is 14.3. The first-order valence-electron chi connectivity index (χ1n) is 15.9. The summed E-state index contributed by atoms with van der Waals surface area (Å²) in [5.74, 6) is -1.11. The van der Waals surface area contributed by atoms with Gasteiger partial charge in [0.15, 0.2) is 0 Å². The van der Waals surface area contributed by atoms with Crippen LogP contribution in [0.25, 0.3) is 0 Å². The van der Waals surface area contributed by atoms with Crippen molar-refractivity contribution >= 4 is 29.7 Å². The highest BCUT2D eigenvalue weighted by Crippen LogP contribution is 2.39. The van der Waals surface area contributed by atoms with E-state index in [1.807, 2.05) is 36.4 Å². The third-order valence-corrected chi connectivity index (χ3v) is 8.77.